The maximum Gasteiger partial charge on any atom is 0.222 e. The molecule has 1 heterocycles. The fraction of sp³-hybridized carbons (Fsp3) is 0.514. The van der Waals surface area contributed by atoms with Crippen LogP contribution in [0.3, 0.4) is 0 Å². The lowest BCUT2D eigenvalue weighted by molar-refractivity contribution is -0.139. The van der Waals surface area contributed by atoms with Crippen LogP contribution in [0.15, 0.2) is 65.8 Å². The lowest BCUT2D eigenvalue weighted by atomic mass is 9.96. The monoisotopic (exact) mass is 714 g/mol. The van der Waals surface area contributed by atoms with Gasteiger partial charge in [0, 0.05) is 52.9 Å². The van der Waals surface area contributed by atoms with Gasteiger partial charge >= 0.3 is 0 Å². The number of aliphatic hydroxyl groups is 5. The molecule has 2 aliphatic rings. The van der Waals surface area contributed by atoms with Crippen LogP contribution in [-0.2, 0) is 21.7 Å². The lowest BCUT2D eigenvalue weighted by Gasteiger charge is -2.30. The second kappa shape index (κ2) is 17.5. The number of benzene rings is 2. The molecule has 2 saturated carbocycles. The van der Waals surface area contributed by atoms with E-state index >= 15 is 0 Å². The van der Waals surface area contributed by atoms with Crippen molar-refractivity contribution in [2.24, 2.45) is 0 Å². The molecule has 3 aromatic rings. The fourth-order valence-corrected chi connectivity index (χ4v) is 6.86. The van der Waals surface area contributed by atoms with Crippen molar-refractivity contribution in [3.05, 3.63) is 77.1 Å². The van der Waals surface area contributed by atoms with Gasteiger partial charge in [-0.25, -0.2) is 0 Å². The maximum atomic E-state index is 13.0. The SMILES string of the molecule is CCCN(CC(O)C(O)C(O)C(O)CO)C(=O)CCCSc1ccc(Cl)c(COC2(c3cnccc3-c3ccccc3OC3CC3)CC2)c1. The summed E-state index contributed by atoms with van der Waals surface area (Å²) in [5.74, 6) is 1.38. The first-order chi connectivity index (χ1) is 23.7. The van der Waals surface area contributed by atoms with Crippen molar-refractivity contribution < 1.29 is 39.8 Å². The van der Waals surface area contributed by atoms with Gasteiger partial charge in [-0.05, 0) is 85.7 Å². The van der Waals surface area contributed by atoms with E-state index in [9.17, 15) is 25.2 Å². The number of rotatable bonds is 20. The summed E-state index contributed by atoms with van der Waals surface area (Å²) in [5.41, 5.74) is 3.58. The Morgan fingerprint density at radius 2 is 1.82 bits per heavy atom. The highest BCUT2D eigenvalue weighted by atomic mass is 35.5. The van der Waals surface area contributed by atoms with Gasteiger partial charge in [0.05, 0.1) is 24.9 Å². The van der Waals surface area contributed by atoms with E-state index in [1.807, 2.05) is 55.6 Å². The van der Waals surface area contributed by atoms with Crippen molar-refractivity contribution in [1.82, 2.24) is 9.88 Å². The quantitative estimate of drug-likeness (QED) is 0.0823. The molecule has 2 fully saturated rings. The summed E-state index contributed by atoms with van der Waals surface area (Å²) in [6, 6.07) is 16.0. The van der Waals surface area contributed by atoms with Gasteiger partial charge in [0.15, 0.2) is 0 Å². The smallest absolute Gasteiger partial charge is 0.222 e. The van der Waals surface area contributed by atoms with Crippen LogP contribution in [0.1, 0.15) is 63.0 Å². The van der Waals surface area contributed by atoms with E-state index in [2.05, 4.69) is 11.1 Å². The van der Waals surface area contributed by atoms with Crippen LogP contribution in [0.4, 0.5) is 0 Å². The maximum absolute atomic E-state index is 13.0. The van der Waals surface area contributed by atoms with E-state index < -0.39 is 36.6 Å². The third kappa shape index (κ3) is 9.95. The Balaban J connectivity index is 1.15. The second-order valence-electron chi connectivity index (χ2n) is 12.9. The third-order valence-electron chi connectivity index (χ3n) is 8.92. The Morgan fingerprint density at radius 3 is 2.53 bits per heavy atom. The van der Waals surface area contributed by atoms with E-state index in [4.69, 9.17) is 26.2 Å². The molecule has 0 radical (unpaired) electrons. The van der Waals surface area contributed by atoms with Crippen molar-refractivity contribution in [2.45, 2.75) is 99.5 Å². The first-order valence-corrected chi connectivity index (χ1v) is 18.4. The van der Waals surface area contributed by atoms with Crippen LogP contribution in [-0.4, -0.2) is 97.3 Å². The molecule has 0 spiro atoms. The van der Waals surface area contributed by atoms with Gasteiger partial charge in [0.25, 0.3) is 0 Å². The molecule has 12 heteroatoms. The molecular weight excluding hydrogens is 668 g/mol. The third-order valence-corrected chi connectivity index (χ3v) is 10.4. The fourth-order valence-electron chi connectivity index (χ4n) is 5.78. The molecular formula is C37H47ClN2O8S. The minimum absolute atomic E-state index is 0.178. The Hall–Kier alpha value is -2.74. The van der Waals surface area contributed by atoms with Crippen LogP contribution >= 0.6 is 23.4 Å². The molecule has 0 aliphatic heterocycles. The van der Waals surface area contributed by atoms with Crippen LogP contribution in [0.2, 0.25) is 5.02 Å². The number of hydrogen-bond acceptors (Lipinski definition) is 10. The zero-order valence-corrected chi connectivity index (χ0v) is 29.4. The van der Waals surface area contributed by atoms with Crippen molar-refractivity contribution in [2.75, 3.05) is 25.4 Å². The van der Waals surface area contributed by atoms with Crippen LogP contribution in [0, 0.1) is 0 Å². The van der Waals surface area contributed by atoms with Crippen LogP contribution < -0.4 is 4.74 Å². The van der Waals surface area contributed by atoms with Gasteiger partial charge in [0.2, 0.25) is 5.91 Å². The number of aliphatic hydroxyl groups excluding tert-OH is 5. The first kappa shape index (κ1) is 37.5. The van der Waals surface area contributed by atoms with E-state index in [-0.39, 0.29) is 25.0 Å². The van der Waals surface area contributed by atoms with Crippen LogP contribution in [0.25, 0.3) is 11.1 Å². The number of carbonyl (C=O) groups is 1. The first-order valence-electron chi connectivity index (χ1n) is 17.0. The van der Waals surface area contributed by atoms with Crippen molar-refractivity contribution >= 4 is 29.3 Å². The highest BCUT2D eigenvalue weighted by Gasteiger charge is 2.48. The Kier molecular flexibility index (Phi) is 13.4. The summed E-state index contributed by atoms with van der Waals surface area (Å²) in [6.45, 7) is 1.65. The van der Waals surface area contributed by atoms with E-state index in [1.165, 1.54) is 4.90 Å². The Bertz CT molecular complexity index is 1540. The lowest BCUT2D eigenvalue weighted by Crippen LogP contribution is -2.50. The number of thioether (sulfide) groups is 1. The van der Waals surface area contributed by atoms with E-state index in [0.717, 1.165) is 58.6 Å². The summed E-state index contributed by atoms with van der Waals surface area (Å²) < 4.78 is 12.9. The number of carbonyl (C=O) groups excluding carboxylic acids is 1. The number of ether oxygens (including phenoxy) is 2. The number of para-hydroxylation sites is 1. The molecule has 5 rings (SSSR count). The highest BCUT2D eigenvalue weighted by Crippen LogP contribution is 2.53. The second-order valence-corrected chi connectivity index (χ2v) is 14.4. The molecule has 1 aromatic heterocycles. The minimum atomic E-state index is -1.73. The summed E-state index contributed by atoms with van der Waals surface area (Å²) in [5, 5.41) is 49.7. The molecule has 4 unspecified atom stereocenters. The zero-order chi connectivity index (χ0) is 35.0. The average molecular weight is 715 g/mol. The largest absolute Gasteiger partial charge is 0.490 e. The molecule has 49 heavy (non-hydrogen) atoms. The standard InChI is InChI=1S/C37H47ClN2O8S/c1-2-17-40(21-31(42)35(45)36(46)32(43)22-41)34(44)8-5-18-49-26-11-12-30(38)24(19-26)23-47-37(14-15-37)29-20-39-16-13-27(29)28-6-3-4-7-33(28)48-25-9-10-25/h3-4,6-7,11-13,16,19-20,25,31-32,35-36,41-43,45-46H,2,5,8-10,14-15,17-18,21-23H2,1H3. The van der Waals surface area contributed by atoms with Crippen molar-refractivity contribution in [3.63, 3.8) is 0 Å². The zero-order valence-electron chi connectivity index (χ0n) is 27.8. The molecule has 10 nitrogen and oxygen atoms in total. The van der Waals surface area contributed by atoms with Gasteiger partial charge in [0.1, 0.15) is 30.2 Å². The summed E-state index contributed by atoms with van der Waals surface area (Å²) in [6.07, 6.45) is 2.88. The van der Waals surface area contributed by atoms with Crippen molar-refractivity contribution in [3.8, 4) is 16.9 Å². The summed E-state index contributed by atoms with van der Waals surface area (Å²) in [4.78, 5) is 19.9. The van der Waals surface area contributed by atoms with E-state index in [1.54, 1.807) is 18.0 Å². The van der Waals surface area contributed by atoms with Gasteiger partial charge < -0.3 is 39.9 Å². The Labute approximate surface area is 297 Å². The number of pyridine rings is 1. The highest BCUT2D eigenvalue weighted by molar-refractivity contribution is 7.99. The number of halogens is 1. The minimum Gasteiger partial charge on any atom is -0.490 e. The normalized spacial score (nSPS) is 17.6. The van der Waals surface area contributed by atoms with Gasteiger partial charge in [-0.1, -0.05) is 36.7 Å². The van der Waals surface area contributed by atoms with Crippen LogP contribution in [0.5, 0.6) is 5.75 Å². The molecule has 0 saturated heterocycles. The van der Waals surface area contributed by atoms with Gasteiger partial charge in [-0.2, -0.15) is 0 Å². The number of nitrogens with zero attached hydrogens (tertiary/aromatic N) is 2. The van der Waals surface area contributed by atoms with Gasteiger partial charge in [-0.3, -0.25) is 9.78 Å². The average Bonchev–Trinajstić information content (AvgIpc) is 4.06. The van der Waals surface area contributed by atoms with E-state index in [0.29, 0.717) is 36.8 Å². The summed E-state index contributed by atoms with van der Waals surface area (Å²) in [7, 11) is 0. The van der Waals surface area contributed by atoms with Crippen molar-refractivity contribution in [1.29, 1.82) is 0 Å². The Morgan fingerprint density at radius 1 is 1.06 bits per heavy atom. The van der Waals surface area contributed by atoms with Gasteiger partial charge in [-0.15, -0.1) is 11.8 Å². The molecule has 1 amide bonds. The summed E-state index contributed by atoms with van der Waals surface area (Å²) >= 11 is 8.23. The predicted molar refractivity (Wildman–Crippen MR) is 188 cm³/mol. The number of amides is 1. The molecule has 266 valence electrons. The molecule has 4 atom stereocenters. The predicted octanol–water partition coefficient (Wildman–Crippen LogP) is 4.70. The topological polar surface area (TPSA) is 153 Å². The number of aromatic nitrogens is 1. The molecule has 2 aromatic carbocycles. The molecule has 0 bridgehead atoms. The number of hydrogen-bond donors (Lipinski definition) is 5. The molecule has 2 aliphatic carbocycles. The molecule has 5 N–H and O–H groups in total.